The maximum absolute atomic E-state index is 12.3. The molecule has 0 saturated heterocycles. The van der Waals surface area contributed by atoms with E-state index in [9.17, 15) is 10.1 Å². The van der Waals surface area contributed by atoms with Crippen molar-refractivity contribution in [1.29, 1.82) is 5.26 Å². The Bertz CT molecular complexity index is 1050. The van der Waals surface area contributed by atoms with Crippen LogP contribution in [-0.4, -0.2) is 31.9 Å². The quantitative estimate of drug-likeness (QED) is 0.675. The van der Waals surface area contributed by atoms with Crippen molar-refractivity contribution in [3.63, 3.8) is 0 Å². The molecule has 0 atom stereocenters. The molecule has 9 heteroatoms. The largest absolute Gasteiger partial charge is 0.444 e. The second-order valence-corrected chi connectivity index (χ2v) is 7.04. The molecule has 8 nitrogen and oxygen atoms in total. The Morgan fingerprint density at radius 3 is 2.85 bits per heavy atom. The van der Waals surface area contributed by atoms with Crippen molar-refractivity contribution in [1.82, 2.24) is 20.2 Å². The van der Waals surface area contributed by atoms with Crippen LogP contribution in [-0.2, 0) is 4.79 Å². The van der Waals surface area contributed by atoms with Crippen LogP contribution in [0.1, 0.15) is 28.0 Å². The molecule has 0 saturated carbocycles. The van der Waals surface area contributed by atoms with Gasteiger partial charge in [0.2, 0.25) is 16.9 Å². The molecule has 0 aliphatic rings. The maximum Gasteiger partial charge on any atom is 0.237 e. The molecule has 0 radical (unpaired) electrons. The first-order chi connectivity index (χ1) is 12.9. The summed E-state index contributed by atoms with van der Waals surface area (Å²) in [6.07, 6.45) is 0. The van der Waals surface area contributed by atoms with Crippen LogP contribution in [0.3, 0.4) is 0 Å². The fourth-order valence-corrected chi connectivity index (χ4v) is 3.19. The van der Waals surface area contributed by atoms with Gasteiger partial charge in [0.05, 0.1) is 11.4 Å². The van der Waals surface area contributed by atoms with Gasteiger partial charge in [0.25, 0.3) is 0 Å². The van der Waals surface area contributed by atoms with Gasteiger partial charge in [-0.2, -0.15) is 9.94 Å². The van der Waals surface area contributed by atoms with E-state index in [0.29, 0.717) is 16.5 Å². The summed E-state index contributed by atoms with van der Waals surface area (Å²) < 4.78 is 7.07. The third kappa shape index (κ3) is 3.85. The first-order valence-electron chi connectivity index (χ1n) is 8.19. The number of hydrogen-bond acceptors (Lipinski definition) is 7. The molecule has 0 unspecified atom stereocenters. The van der Waals surface area contributed by atoms with Gasteiger partial charge in [0, 0.05) is 5.56 Å². The molecule has 2 aromatic heterocycles. The van der Waals surface area contributed by atoms with Crippen molar-refractivity contribution in [2.24, 2.45) is 0 Å². The zero-order chi connectivity index (χ0) is 19.6. The number of nitrogens with zero attached hydrogens (tertiary/aromatic N) is 5. The number of rotatable bonds is 5. The Kier molecular flexibility index (Phi) is 5.28. The highest BCUT2D eigenvalue weighted by atomic mass is 32.2. The normalized spacial score (nSPS) is 10.6. The molecule has 3 aromatic rings. The van der Waals surface area contributed by atoms with E-state index in [1.807, 2.05) is 32.0 Å². The van der Waals surface area contributed by atoms with Crippen LogP contribution < -0.4 is 5.32 Å². The second kappa shape index (κ2) is 7.63. The first-order valence-corrected chi connectivity index (χ1v) is 9.18. The van der Waals surface area contributed by atoms with Gasteiger partial charge in [-0.15, -0.1) is 5.10 Å². The van der Waals surface area contributed by atoms with Crippen molar-refractivity contribution in [2.75, 3.05) is 11.1 Å². The lowest BCUT2D eigenvalue weighted by atomic mass is 10.1. The van der Waals surface area contributed by atoms with Gasteiger partial charge in [-0.25, -0.2) is 0 Å². The standard InChI is InChI=1S/C18H18N6O2S/c1-10-5-6-11(2)15(7-10)24-18(21-22-23-24)27-9-16(25)20-17-14(8-19)12(3)13(4)26-17/h5-7H,9H2,1-4H3,(H,20,25). The molecular weight excluding hydrogens is 364 g/mol. The van der Waals surface area contributed by atoms with Crippen LogP contribution in [0.2, 0.25) is 0 Å². The van der Waals surface area contributed by atoms with Crippen LogP contribution in [0.25, 0.3) is 5.69 Å². The minimum Gasteiger partial charge on any atom is -0.444 e. The van der Waals surface area contributed by atoms with E-state index >= 15 is 0 Å². The molecule has 3 rings (SSSR count). The summed E-state index contributed by atoms with van der Waals surface area (Å²) in [5.41, 5.74) is 4.05. The average molecular weight is 382 g/mol. The summed E-state index contributed by atoms with van der Waals surface area (Å²) in [4.78, 5) is 12.3. The van der Waals surface area contributed by atoms with E-state index in [-0.39, 0.29) is 17.5 Å². The number of tetrazole rings is 1. The molecule has 1 N–H and O–H groups in total. The van der Waals surface area contributed by atoms with Crippen LogP contribution >= 0.6 is 11.8 Å². The molecular formula is C18H18N6O2S. The van der Waals surface area contributed by atoms with E-state index in [0.717, 1.165) is 22.4 Å². The smallest absolute Gasteiger partial charge is 0.237 e. The Labute approximate surface area is 160 Å². The number of benzene rings is 1. The van der Waals surface area contributed by atoms with Crippen molar-refractivity contribution >= 4 is 23.6 Å². The molecule has 1 aromatic carbocycles. The summed E-state index contributed by atoms with van der Waals surface area (Å²) in [6.45, 7) is 7.50. The highest BCUT2D eigenvalue weighted by Gasteiger charge is 2.18. The van der Waals surface area contributed by atoms with Gasteiger partial charge in [0.1, 0.15) is 17.4 Å². The summed E-state index contributed by atoms with van der Waals surface area (Å²) in [5.74, 6) is 0.552. The third-order valence-electron chi connectivity index (χ3n) is 4.12. The number of aromatic nitrogens is 4. The number of anilines is 1. The number of nitriles is 1. The fourth-order valence-electron chi connectivity index (χ4n) is 2.51. The van der Waals surface area contributed by atoms with E-state index in [1.165, 1.54) is 11.8 Å². The molecule has 0 bridgehead atoms. The predicted molar refractivity (Wildman–Crippen MR) is 101 cm³/mol. The molecule has 138 valence electrons. The molecule has 27 heavy (non-hydrogen) atoms. The summed E-state index contributed by atoms with van der Waals surface area (Å²) >= 11 is 1.21. The molecule has 2 heterocycles. The summed E-state index contributed by atoms with van der Waals surface area (Å²) in [7, 11) is 0. The van der Waals surface area contributed by atoms with Gasteiger partial charge < -0.3 is 4.42 Å². The van der Waals surface area contributed by atoms with E-state index < -0.39 is 0 Å². The van der Waals surface area contributed by atoms with Crippen molar-refractivity contribution in [2.45, 2.75) is 32.9 Å². The van der Waals surface area contributed by atoms with Crippen LogP contribution in [0.5, 0.6) is 0 Å². The minimum absolute atomic E-state index is 0.0783. The molecule has 0 fully saturated rings. The highest BCUT2D eigenvalue weighted by molar-refractivity contribution is 7.99. The number of thioether (sulfide) groups is 1. The lowest BCUT2D eigenvalue weighted by Gasteiger charge is -2.08. The average Bonchev–Trinajstić information content (AvgIpc) is 3.20. The number of aryl methyl sites for hydroxylation is 3. The lowest BCUT2D eigenvalue weighted by Crippen LogP contribution is -2.15. The van der Waals surface area contributed by atoms with Crippen LogP contribution in [0.4, 0.5) is 5.88 Å². The number of carbonyl (C=O) groups is 1. The molecule has 1 amide bonds. The summed E-state index contributed by atoms with van der Waals surface area (Å²) in [6, 6.07) is 8.06. The monoisotopic (exact) mass is 382 g/mol. The SMILES string of the molecule is Cc1ccc(C)c(-n2nnnc2SCC(=O)Nc2oc(C)c(C)c2C#N)c1. The number of amides is 1. The Balaban J connectivity index is 1.73. The number of nitrogens with one attached hydrogen (secondary N) is 1. The van der Waals surface area contributed by atoms with Gasteiger partial charge in [-0.1, -0.05) is 23.9 Å². The van der Waals surface area contributed by atoms with Crippen LogP contribution in [0, 0.1) is 39.0 Å². The molecule has 0 aliphatic carbocycles. The van der Waals surface area contributed by atoms with Crippen molar-refractivity contribution in [3.8, 4) is 11.8 Å². The molecule has 0 aliphatic heterocycles. The van der Waals surface area contributed by atoms with Crippen LogP contribution in [0.15, 0.2) is 27.8 Å². The third-order valence-corrected chi connectivity index (χ3v) is 5.04. The molecule has 0 spiro atoms. The zero-order valence-electron chi connectivity index (χ0n) is 15.4. The van der Waals surface area contributed by atoms with E-state index in [2.05, 4.69) is 26.9 Å². The maximum atomic E-state index is 12.3. The predicted octanol–water partition coefficient (Wildman–Crippen LogP) is 3.09. The Hall–Kier alpha value is -3.12. The van der Waals surface area contributed by atoms with Gasteiger partial charge >= 0.3 is 0 Å². The Morgan fingerprint density at radius 1 is 1.33 bits per heavy atom. The fraction of sp³-hybridized carbons (Fsp3) is 0.278. The number of furan rings is 1. The van der Waals surface area contributed by atoms with Crippen molar-refractivity contribution < 1.29 is 9.21 Å². The zero-order valence-corrected chi connectivity index (χ0v) is 16.2. The summed E-state index contributed by atoms with van der Waals surface area (Å²) in [5, 5.41) is 24.1. The lowest BCUT2D eigenvalue weighted by molar-refractivity contribution is -0.113. The number of carbonyl (C=O) groups excluding carboxylic acids is 1. The minimum atomic E-state index is -0.305. The Morgan fingerprint density at radius 2 is 2.11 bits per heavy atom. The number of hydrogen-bond donors (Lipinski definition) is 1. The van der Waals surface area contributed by atoms with Gasteiger partial charge in [-0.05, 0) is 55.3 Å². The second-order valence-electron chi connectivity index (χ2n) is 6.10. The highest BCUT2D eigenvalue weighted by Crippen LogP contribution is 2.26. The topological polar surface area (TPSA) is 110 Å². The van der Waals surface area contributed by atoms with Gasteiger partial charge in [0.15, 0.2) is 0 Å². The van der Waals surface area contributed by atoms with Gasteiger partial charge in [-0.3, -0.25) is 10.1 Å². The van der Waals surface area contributed by atoms with E-state index in [4.69, 9.17) is 4.42 Å². The van der Waals surface area contributed by atoms with E-state index in [1.54, 1.807) is 18.5 Å². The first kappa shape index (κ1) is 18.7. The van der Waals surface area contributed by atoms with Crippen molar-refractivity contribution in [3.05, 3.63) is 46.2 Å².